The summed E-state index contributed by atoms with van der Waals surface area (Å²) in [6.07, 6.45) is 2.15. The molecule has 0 aliphatic rings. The molecule has 10 heteroatoms. The number of rotatable bonds is 4. The molecular weight excluding hydrogens is 341 g/mol. The van der Waals surface area contributed by atoms with Gasteiger partial charge in [-0.1, -0.05) is 18.2 Å². The van der Waals surface area contributed by atoms with Crippen LogP contribution in [0.2, 0.25) is 0 Å². The normalized spacial score (nSPS) is 13.6. The number of alkyl halides is 3. The van der Waals surface area contributed by atoms with Crippen LogP contribution in [0.3, 0.4) is 0 Å². The van der Waals surface area contributed by atoms with Crippen molar-refractivity contribution >= 4 is 26.5 Å². The first-order valence-electron chi connectivity index (χ1n) is 5.72. The van der Waals surface area contributed by atoms with Crippen LogP contribution < -0.4 is 4.72 Å². The Balaban J connectivity index is 2.43. The molecule has 0 amide bonds. The smallest absolute Gasteiger partial charge is 0.275 e. The van der Waals surface area contributed by atoms with Gasteiger partial charge in [0.25, 0.3) is 0 Å². The number of aromatic nitrogens is 1. The monoisotopic (exact) mass is 350 g/mol. The molecule has 0 aliphatic heterocycles. The molecule has 0 spiro atoms. The molecule has 1 aromatic heterocycles. The van der Waals surface area contributed by atoms with E-state index in [1.807, 2.05) is 0 Å². The molecule has 0 fully saturated rings. The fourth-order valence-corrected chi connectivity index (χ4v) is 3.27. The van der Waals surface area contributed by atoms with Crippen LogP contribution in [0.15, 0.2) is 58.6 Å². The lowest BCUT2D eigenvalue weighted by atomic mass is 10.4. The van der Waals surface area contributed by atoms with Crippen molar-refractivity contribution in [2.24, 2.45) is 0 Å². The van der Waals surface area contributed by atoms with E-state index < -0.39 is 32.0 Å². The zero-order valence-electron chi connectivity index (χ0n) is 10.7. The van der Waals surface area contributed by atoms with Crippen LogP contribution >= 0.6 is 0 Å². The van der Waals surface area contributed by atoms with E-state index in [2.05, 4.69) is 4.98 Å². The molecule has 1 heterocycles. The molecule has 1 N–H and O–H groups in total. The summed E-state index contributed by atoms with van der Waals surface area (Å²) in [4.78, 5) is 3.82. The number of nitrogens with one attached hydrogen (secondary N) is 1. The molecule has 0 radical (unpaired) electrons. The lowest BCUT2D eigenvalue weighted by Gasteiger charge is -2.13. The average molecular weight is 350 g/mol. The minimum atomic E-state index is -5.60. The third kappa shape index (κ3) is 3.45. The second-order valence-electron chi connectivity index (χ2n) is 4.00. The Morgan fingerprint density at radius 3 is 2.32 bits per heavy atom. The Bertz CT molecular complexity index is 793. The maximum Gasteiger partial charge on any atom is 0.516 e. The van der Waals surface area contributed by atoms with Gasteiger partial charge in [0, 0.05) is 17.3 Å². The Morgan fingerprint density at radius 2 is 1.73 bits per heavy atom. The highest BCUT2D eigenvalue weighted by Crippen LogP contribution is 2.29. The van der Waals surface area contributed by atoms with Gasteiger partial charge in [-0.25, -0.2) is 4.21 Å². The van der Waals surface area contributed by atoms with E-state index in [-0.39, 0.29) is 4.90 Å². The van der Waals surface area contributed by atoms with Crippen molar-refractivity contribution in [1.29, 1.82) is 0 Å². The van der Waals surface area contributed by atoms with Crippen LogP contribution in [-0.4, -0.2) is 23.1 Å². The van der Waals surface area contributed by atoms with Gasteiger partial charge >= 0.3 is 15.5 Å². The summed E-state index contributed by atoms with van der Waals surface area (Å²) in [5, 5.41) is 0. The fraction of sp³-hybridized carbons (Fsp3) is 0.0833. The van der Waals surface area contributed by atoms with Crippen LogP contribution in [0.1, 0.15) is 0 Å². The molecule has 0 aliphatic carbocycles. The predicted octanol–water partition coefficient (Wildman–Crippen LogP) is 2.51. The van der Waals surface area contributed by atoms with E-state index in [0.717, 1.165) is 18.5 Å². The topological polar surface area (TPSA) is 76.1 Å². The molecule has 0 saturated heterocycles. The van der Waals surface area contributed by atoms with Gasteiger partial charge in [0.05, 0.1) is 21.4 Å². The number of anilines is 1. The molecular formula is C12H9F3N2O3S2. The molecule has 118 valence electrons. The summed E-state index contributed by atoms with van der Waals surface area (Å²) in [6, 6.07) is 8.90. The Labute approximate surface area is 126 Å². The summed E-state index contributed by atoms with van der Waals surface area (Å²) in [6.45, 7) is 0. The number of nitrogens with zero attached hydrogens (tertiary/aromatic N) is 1. The fourth-order valence-electron chi connectivity index (χ4n) is 1.49. The molecule has 2 aromatic rings. The zero-order valence-corrected chi connectivity index (χ0v) is 12.4. The van der Waals surface area contributed by atoms with E-state index in [1.165, 1.54) is 16.9 Å². The summed E-state index contributed by atoms with van der Waals surface area (Å²) < 4.78 is 73.4. The number of hydrogen-bond donors (Lipinski definition) is 1. The van der Waals surface area contributed by atoms with Crippen LogP contribution in [0.5, 0.6) is 0 Å². The summed E-state index contributed by atoms with van der Waals surface area (Å²) in [5.41, 5.74) is -5.91. The van der Waals surface area contributed by atoms with Crippen LogP contribution in [0.25, 0.3) is 0 Å². The Hall–Kier alpha value is -1.94. The SMILES string of the molecule is O=S(c1ccccc1)c1cnccc1NS(=O)(=O)C(F)(F)F. The van der Waals surface area contributed by atoms with E-state index in [9.17, 15) is 25.8 Å². The molecule has 1 unspecified atom stereocenters. The summed E-state index contributed by atoms with van der Waals surface area (Å²) in [5.74, 6) is 0. The minimum Gasteiger partial charge on any atom is -0.275 e. The Morgan fingerprint density at radius 1 is 1.09 bits per heavy atom. The Kier molecular flexibility index (Phi) is 4.52. The van der Waals surface area contributed by atoms with Crippen LogP contribution in [0.4, 0.5) is 18.9 Å². The van der Waals surface area contributed by atoms with Gasteiger partial charge < -0.3 is 0 Å². The van der Waals surface area contributed by atoms with Crippen molar-refractivity contribution in [2.75, 3.05) is 4.72 Å². The summed E-state index contributed by atoms with van der Waals surface area (Å²) >= 11 is 0. The van der Waals surface area contributed by atoms with Crippen molar-refractivity contribution in [1.82, 2.24) is 4.98 Å². The highest BCUT2D eigenvalue weighted by Gasteiger charge is 2.46. The van der Waals surface area contributed by atoms with E-state index in [0.29, 0.717) is 4.90 Å². The lowest BCUT2D eigenvalue weighted by molar-refractivity contribution is -0.0429. The molecule has 0 saturated carbocycles. The largest absolute Gasteiger partial charge is 0.516 e. The van der Waals surface area contributed by atoms with E-state index in [4.69, 9.17) is 0 Å². The maximum atomic E-state index is 12.4. The number of sulfonamides is 1. The van der Waals surface area contributed by atoms with Crippen molar-refractivity contribution in [3.8, 4) is 0 Å². The number of pyridine rings is 1. The predicted molar refractivity (Wildman–Crippen MR) is 74.0 cm³/mol. The van der Waals surface area contributed by atoms with Gasteiger partial charge in [-0.05, 0) is 18.2 Å². The number of halogens is 3. The highest BCUT2D eigenvalue weighted by atomic mass is 32.2. The van der Waals surface area contributed by atoms with Crippen molar-refractivity contribution < 1.29 is 25.8 Å². The first-order chi connectivity index (χ1) is 10.2. The molecule has 5 nitrogen and oxygen atoms in total. The van der Waals surface area contributed by atoms with Crippen molar-refractivity contribution in [3.05, 3.63) is 48.8 Å². The molecule has 1 aromatic carbocycles. The third-order valence-corrected chi connectivity index (χ3v) is 5.01. The van der Waals surface area contributed by atoms with E-state index in [1.54, 1.807) is 18.2 Å². The second kappa shape index (κ2) is 6.05. The molecule has 2 rings (SSSR count). The molecule has 0 bridgehead atoms. The lowest BCUT2D eigenvalue weighted by Crippen LogP contribution is -2.30. The van der Waals surface area contributed by atoms with Gasteiger partial charge in [-0.3, -0.25) is 9.71 Å². The number of benzene rings is 1. The first kappa shape index (κ1) is 16.4. The first-order valence-corrected chi connectivity index (χ1v) is 8.35. The van der Waals surface area contributed by atoms with Crippen molar-refractivity contribution in [2.45, 2.75) is 15.3 Å². The standard InChI is InChI=1S/C12H9F3N2O3S2/c13-12(14,15)22(19,20)17-10-6-7-16-8-11(10)21(18)9-4-2-1-3-5-9/h1-8H,(H,16,17). The van der Waals surface area contributed by atoms with Gasteiger partial charge in [0.1, 0.15) is 0 Å². The quantitative estimate of drug-likeness (QED) is 0.919. The van der Waals surface area contributed by atoms with E-state index >= 15 is 0 Å². The van der Waals surface area contributed by atoms with Gasteiger partial charge in [-0.2, -0.15) is 21.6 Å². The molecule has 22 heavy (non-hydrogen) atoms. The minimum absolute atomic E-state index is 0.165. The van der Waals surface area contributed by atoms with Crippen LogP contribution in [0, 0.1) is 0 Å². The maximum absolute atomic E-state index is 12.4. The van der Waals surface area contributed by atoms with Gasteiger partial charge in [-0.15, -0.1) is 0 Å². The van der Waals surface area contributed by atoms with Crippen LogP contribution in [-0.2, 0) is 20.8 Å². The zero-order chi connectivity index (χ0) is 16.4. The van der Waals surface area contributed by atoms with Gasteiger partial charge in [0.15, 0.2) is 0 Å². The number of hydrogen-bond acceptors (Lipinski definition) is 4. The third-order valence-electron chi connectivity index (χ3n) is 2.49. The van der Waals surface area contributed by atoms with Crippen molar-refractivity contribution in [3.63, 3.8) is 0 Å². The summed E-state index contributed by atoms with van der Waals surface area (Å²) in [7, 11) is -7.48. The average Bonchev–Trinajstić information content (AvgIpc) is 2.46. The molecule has 1 atom stereocenters. The van der Waals surface area contributed by atoms with Gasteiger partial charge in [0.2, 0.25) is 0 Å². The second-order valence-corrected chi connectivity index (χ2v) is 7.13. The highest BCUT2D eigenvalue weighted by molar-refractivity contribution is 7.93.